The smallest absolute Gasteiger partial charge is 0.255 e. The molecule has 0 aliphatic carbocycles. The van der Waals surface area contributed by atoms with Crippen LogP contribution in [0.1, 0.15) is 11.8 Å². The quantitative estimate of drug-likeness (QED) is 0.277. The molecule has 0 bridgehead atoms. The van der Waals surface area contributed by atoms with E-state index in [1.807, 2.05) is 30.3 Å². The van der Waals surface area contributed by atoms with Crippen molar-refractivity contribution in [2.45, 2.75) is 31.1 Å². The Kier molecular flexibility index (Phi) is 6.77. The number of hydrogen-bond acceptors (Lipinski definition) is 10. The van der Waals surface area contributed by atoms with E-state index in [4.69, 9.17) is 9.47 Å². The Balaban J connectivity index is 1.57. The Morgan fingerprint density at radius 3 is 2.78 bits per heavy atom. The summed E-state index contributed by atoms with van der Waals surface area (Å²) in [6.45, 7) is 3.91. The van der Waals surface area contributed by atoms with Crippen LogP contribution in [-0.4, -0.2) is 66.0 Å². The molecule has 37 heavy (non-hydrogen) atoms. The number of pyridine rings is 1. The molecule has 5 rings (SSSR count). The summed E-state index contributed by atoms with van der Waals surface area (Å²) in [5, 5.41) is 26.9. The van der Waals surface area contributed by atoms with Crippen LogP contribution >= 0.6 is 0 Å². The summed E-state index contributed by atoms with van der Waals surface area (Å²) in [6, 6.07) is 11.5. The third kappa shape index (κ3) is 4.72. The highest BCUT2D eigenvalue weighted by Crippen LogP contribution is 2.34. The average molecular weight is 504 g/mol. The van der Waals surface area contributed by atoms with E-state index in [2.05, 4.69) is 37.1 Å². The molecule has 4 atom stereocenters. The van der Waals surface area contributed by atoms with Crippen LogP contribution < -0.4 is 15.4 Å². The molecule has 1 aromatic carbocycles. The number of methoxy groups -OCH3 is 1. The second-order valence-electron chi connectivity index (χ2n) is 8.31. The van der Waals surface area contributed by atoms with Gasteiger partial charge in [0.25, 0.3) is 5.91 Å². The Hall–Kier alpha value is -4.39. The Morgan fingerprint density at radius 2 is 2.03 bits per heavy atom. The van der Waals surface area contributed by atoms with Crippen LogP contribution in [0.15, 0.2) is 67.9 Å². The van der Waals surface area contributed by atoms with Gasteiger partial charge < -0.3 is 30.3 Å². The largest absolute Gasteiger partial charge is 0.495 e. The van der Waals surface area contributed by atoms with E-state index in [1.54, 1.807) is 18.5 Å². The first kappa shape index (κ1) is 24.3. The fourth-order valence-electron chi connectivity index (χ4n) is 4.08. The molecule has 4 heterocycles. The molecule has 0 unspecified atom stereocenters. The number of imidazole rings is 1. The van der Waals surface area contributed by atoms with Gasteiger partial charge in [-0.2, -0.15) is 0 Å². The first-order valence-electron chi connectivity index (χ1n) is 11.4. The second-order valence-corrected chi connectivity index (χ2v) is 8.31. The predicted octanol–water partition coefficient (Wildman–Crippen LogP) is 1.39. The van der Waals surface area contributed by atoms with Crippen molar-refractivity contribution in [1.82, 2.24) is 29.8 Å². The Bertz CT molecular complexity index is 1430. The number of aromatic nitrogens is 5. The van der Waals surface area contributed by atoms with Crippen molar-refractivity contribution in [2.24, 2.45) is 0 Å². The number of nitrogens with zero attached hydrogens (tertiary/aromatic N) is 5. The van der Waals surface area contributed by atoms with Gasteiger partial charge in [0, 0.05) is 18.3 Å². The van der Waals surface area contributed by atoms with Gasteiger partial charge in [-0.15, -0.1) is 0 Å². The number of ether oxygens (including phenoxy) is 2. The van der Waals surface area contributed by atoms with E-state index >= 15 is 0 Å². The molecular weight excluding hydrogens is 478 g/mol. The van der Waals surface area contributed by atoms with Crippen LogP contribution in [0.4, 0.5) is 5.82 Å². The number of amides is 1. The highest BCUT2D eigenvalue weighted by Gasteiger charge is 2.47. The predicted molar refractivity (Wildman–Crippen MR) is 133 cm³/mol. The van der Waals surface area contributed by atoms with Crippen LogP contribution in [-0.2, 0) is 16.1 Å². The molecule has 3 aromatic heterocycles. The van der Waals surface area contributed by atoms with Crippen LogP contribution in [0, 0.1) is 0 Å². The number of fused-ring (bicyclic) bond motifs is 1. The second kappa shape index (κ2) is 10.3. The van der Waals surface area contributed by atoms with Crippen molar-refractivity contribution in [3.8, 4) is 17.1 Å². The zero-order valence-electron chi connectivity index (χ0n) is 19.9. The fourth-order valence-corrected chi connectivity index (χ4v) is 4.08. The number of benzene rings is 1. The SMILES string of the molecule is C=CNC(=O)[C@H]1O[C@@H](n2cnc3c(NCc4ccccc4)nc(-c4cncc(OC)c4)nc32)[C@H](O)[C@@H]1O. The lowest BCUT2D eigenvalue weighted by molar-refractivity contribution is -0.136. The number of rotatable bonds is 8. The number of anilines is 1. The molecule has 1 saturated heterocycles. The minimum absolute atomic E-state index is 0.324. The van der Waals surface area contributed by atoms with Gasteiger partial charge >= 0.3 is 0 Å². The summed E-state index contributed by atoms with van der Waals surface area (Å²) in [5.74, 6) is 0.670. The van der Waals surface area contributed by atoms with Crippen molar-refractivity contribution in [3.05, 3.63) is 73.5 Å². The minimum Gasteiger partial charge on any atom is -0.495 e. The van der Waals surface area contributed by atoms with E-state index < -0.39 is 30.4 Å². The maximum atomic E-state index is 12.3. The number of carbonyl (C=O) groups excluding carboxylic acids is 1. The van der Waals surface area contributed by atoms with E-state index in [0.717, 1.165) is 5.56 Å². The first-order chi connectivity index (χ1) is 18.0. The van der Waals surface area contributed by atoms with Crippen molar-refractivity contribution < 1.29 is 24.5 Å². The van der Waals surface area contributed by atoms with Crippen LogP contribution in [0.25, 0.3) is 22.6 Å². The van der Waals surface area contributed by atoms with Gasteiger partial charge in [-0.05, 0) is 17.8 Å². The van der Waals surface area contributed by atoms with E-state index in [0.29, 0.717) is 40.7 Å². The van der Waals surface area contributed by atoms with Crippen LogP contribution in [0.5, 0.6) is 5.75 Å². The molecule has 4 aromatic rings. The molecule has 1 fully saturated rings. The van der Waals surface area contributed by atoms with Crippen molar-refractivity contribution >= 4 is 22.9 Å². The minimum atomic E-state index is -1.47. The molecule has 0 spiro atoms. The standard InChI is InChI=1S/C25H25N7O5/c1-3-27-24(35)20-18(33)19(34)25(37-20)32-13-29-17-22(28-10-14-7-5-4-6-8-14)30-21(31-23(17)32)15-9-16(36-2)12-26-11-15/h3-9,11-13,18-20,25,33-34H,1,10H2,2H3,(H,27,35)(H,28,30,31)/t18-,19+,20-,25+/m0/s1. The number of hydrogen-bond donors (Lipinski definition) is 4. The number of carbonyl (C=O) groups is 1. The zero-order chi connectivity index (χ0) is 25.9. The summed E-state index contributed by atoms with van der Waals surface area (Å²) >= 11 is 0. The van der Waals surface area contributed by atoms with Gasteiger partial charge in [0.05, 0.1) is 19.6 Å². The summed E-state index contributed by atoms with van der Waals surface area (Å²) in [7, 11) is 1.54. The lowest BCUT2D eigenvalue weighted by Gasteiger charge is -2.17. The summed E-state index contributed by atoms with van der Waals surface area (Å²) in [6.07, 6.45) is 0.443. The zero-order valence-corrected chi connectivity index (χ0v) is 19.9. The molecule has 4 N–H and O–H groups in total. The summed E-state index contributed by atoms with van der Waals surface area (Å²) < 4.78 is 12.5. The molecule has 1 aliphatic heterocycles. The van der Waals surface area contributed by atoms with E-state index in [1.165, 1.54) is 24.2 Å². The maximum absolute atomic E-state index is 12.3. The first-order valence-corrected chi connectivity index (χ1v) is 11.4. The Labute approximate surface area is 211 Å². The number of nitrogens with one attached hydrogen (secondary N) is 2. The normalized spacial score (nSPS) is 21.1. The molecule has 1 aliphatic rings. The van der Waals surface area contributed by atoms with Gasteiger partial charge in [0.15, 0.2) is 35.1 Å². The Morgan fingerprint density at radius 1 is 1.22 bits per heavy atom. The molecule has 0 saturated carbocycles. The van der Waals surface area contributed by atoms with E-state index in [9.17, 15) is 15.0 Å². The van der Waals surface area contributed by atoms with Crippen LogP contribution in [0.3, 0.4) is 0 Å². The maximum Gasteiger partial charge on any atom is 0.255 e. The van der Waals surface area contributed by atoms with Crippen LogP contribution in [0.2, 0.25) is 0 Å². The highest BCUT2D eigenvalue weighted by molar-refractivity contribution is 5.85. The lowest BCUT2D eigenvalue weighted by Crippen LogP contribution is -2.40. The summed E-state index contributed by atoms with van der Waals surface area (Å²) in [4.78, 5) is 30.3. The third-order valence-electron chi connectivity index (χ3n) is 5.95. The lowest BCUT2D eigenvalue weighted by atomic mass is 10.1. The number of aliphatic hydroxyl groups is 2. The van der Waals surface area contributed by atoms with Gasteiger partial charge in [-0.3, -0.25) is 14.3 Å². The third-order valence-corrected chi connectivity index (χ3v) is 5.95. The topological polar surface area (TPSA) is 157 Å². The van der Waals surface area contributed by atoms with Gasteiger partial charge in [-0.1, -0.05) is 36.9 Å². The van der Waals surface area contributed by atoms with Gasteiger partial charge in [0.2, 0.25) is 0 Å². The van der Waals surface area contributed by atoms with Crippen molar-refractivity contribution in [2.75, 3.05) is 12.4 Å². The molecule has 12 heteroatoms. The van der Waals surface area contributed by atoms with E-state index in [-0.39, 0.29) is 0 Å². The molecule has 0 radical (unpaired) electrons. The molecule has 1 amide bonds. The molecule has 12 nitrogen and oxygen atoms in total. The molecule has 190 valence electrons. The van der Waals surface area contributed by atoms with Gasteiger partial charge in [-0.25, -0.2) is 15.0 Å². The molecular formula is C25H25N7O5. The summed E-state index contributed by atoms with van der Waals surface area (Å²) in [5.41, 5.74) is 2.36. The van der Waals surface area contributed by atoms with Gasteiger partial charge in [0.1, 0.15) is 18.0 Å². The highest BCUT2D eigenvalue weighted by atomic mass is 16.6. The number of aliphatic hydroxyl groups excluding tert-OH is 2. The van der Waals surface area contributed by atoms with Crippen molar-refractivity contribution in [3.63, 3.8) is 0 Å². The monoisotopic (exact) mass is 503 g/mol. The fraction of sp³-hybridized carbons (Fsp3) is 0.240. The average Bonchev–Trinajstić information content (AvgIpc) is 3.48. The van der Waals surface area contributed by atoms with Crippen molar-refractivity contribution in [1.29, 1.82) is 0 Å².